The van der Waals surface area contributed by atoms with Gasteiger partial charge in [0.1, 0.15) is 0 Å². The number of nitrogens with zero attached hydrogens (tertiary/aromatic N) is 1. The third-order valence-corrected chi connectivity index (χ3v) is 5.53. The van der Waals surface area contributed by atoms with Crippen LogP contribution in [0, 0.1) is 0 Å². The summed E-state index contributed by atoms with van der Waals surface area (Å²) in [5, 5.41) is 13.4. The van der Waals surface area contributed by atoms with Crippen molar-refractivity contribution >= 4 is 6.03 Å². The molecule has 0 radical (unpaired) electrons. The van der Waals surface area contributed by atoms with Crippen molar-refractivity contribution in [2.45, 2.75) is 63.9 Å². The van der Waals surface area contributed by atoms with E-state index in [-0.39, 0.29) is 12.1 Å². The third kappa shape index (κ3) is 5.92. The zero-order chi connectivity index (χ0) is 19.1. The van der Waals surface area contributed by atoms with Gasteiger partial charge in [0.05, 0.1) is 31.5 Å². The number of aliphatic hydroxyl groups is 1. The highest BCUT2D eigenvalue weighted by Gasteiger charge is 2.33. The van der Waals surface area contributed by atoms with Crippen molar-refractivity contribution in [3.63, 3.8) is 0 Å². The minimum Gasteiger partial charge on any atom is -0.388 e. The largest absolute Gasteiger partial charge is 0.388 e. The fourth-order valence-corrected chi connectivity index (χ4v) is 3.78. The van der Waals surface area contributed by atoms with E-state index in [0.29, 0.717) is 39.3 Å². The van der Waals surface area contributed by atoms with Crippen LogP contribution in [0.2, 0.25) is 0 Å². The van der Waals surface area contributed by atoms with Gasteiger partial charge in [0.15, 0.2) is 0 Å². The summed E-state index contributed by atoms with van der Waals surface area (Å²) in [6.45, 7) is 5.58. The molecule has 6 heteroatoms. The van der Waals surface area contributed by atoms with Crippen LogP contribution < -0.4 is 5.32 Å². The van der Waals surface area contributed by atoms with Gasteiger partial charge in [0.25, 0.3) is 0 Å². The van der Waals surface area contributed by atoms with Crippen LogP contribution in [0.15, 0.2) is 24.3 Å². The first-order valence-electron chi connectivity index (χ1n) is 10.1. The molecule has 2 unspecified atom stereocenters. The van der Waals surface area contributed by atoms with Crippen LogP contribution in [0.3, 0.4) is 0 Å². The summed E-state index contributed by atoms with van der Waals surface area (Å²) in [5.41, 5.74) is 1.40. The molecule has 2 amide bonds. The SMILES string of the molecule is CCC1(O)CCCN(C(=O)NCc2cccc(COCC3CCCO3)c2)C1. The van der Waals surface area contributed by atoms with Gasteiger partial charge in [0, 0.05) is 19.7 Å². The number of urea groups is 1. The average Bonchev–Trinajstić information content (AvgIpc) is 3.20. The number of hydrogen-bond donors (Lipinski definition) is 2. The Morgan fingerprint density at radius 2 is 2.26 bits per heavy atom. The number of benzene rings is 1. The summed E-state index contributed by atoms with van der Waals surface area (Å²) in [5.74, 6) is 0. The topological polar surface area (TPSA) is 71.0 Å². The summed E-state index contributed by atoms with van der Waals surface area (Å²) >= 11 is 0. The van der Waals surface area contributed by atoms with Crippen molar-refractivity contribution in [2.24, 2.45) is 0 Å². The van der Waals surface area contributed by atoms with E-state index in [2.05, 4.69) is 11.4 Å². The Bertz CT molecular complexity index is 618. The minimum atomic E-state index is -0.740. The Kier molecular flexibility index (Phi) is 7.10. The van der Waals surface area contributed by atoms with Crippen molar-refractivity contribution in [3.05, 3.63) is 35.4 Å². The predicted octanol–water partition coefficient (Wildman–Crippen LogP) is 2.83. The molecule has 0 spiro atoms. The second kappa shape index (κ2) is 9.53. The van der Waals surface area contributed by atoms with Gasteiger partial charge >= 0.3 is 6.03 Å². The van der Waals surface area contributed by atoms with Gasteiger partial charge in [-0.05, 0) is 43.2 Å². The van der Waals surface area contributed by atoms with Crippen LogP contribution in [-0.2, 0) is 22.6 Å². The number of β-amino-alcohol motifs (C(OH)–C–C–N with tert-alkyl or cyclic N) is 1. The molecule has 6 nitrogen and oxygen atoms in total. The lowest BCUT2D eigenvalue weighted by molar-refractivity contribution is -0.0211. The van der Waals surface area contributed by atoms with Crippen LogP contribution in [-0.4, -0.2) is 54.0 Å². The molecule has 0 bridgehead atoms. The molecule has 2 heterocycles. The van der Waals surface area contributed by atoms with Crippen LogP contribution in [0.5, 0.6) is 0 Å². The van der Waals surface area contributed by atoms with E-state index in [1.54, 1.807) is 4.90 Å². The fraction of sp³-hybridized carbons (Fsp3) is 0.667. The summed E-state index contributed by atoms with van der Waals surface area (Å²) in [6, 6.07) is 7.98. The molecule has 2 atom stereocenters. The van der Waals surface area contributed by atoms with Gasteiger partial charge in [-0.1, -0.05) is 31.2 Å². The first kappa shape index (κ1) is 20.1. The van der Waals surface area contributed by atoms with E-state index in [0.717, 1.165) is 43.4 Å². The number of amides is 2. The molecule has 2 saturated heterocycles. The molecule has 2 aliphatic rings. The van der Waals surface area contributed by atoms with Crippen LogP contribution >= 0.6 is 0 Å². The normalized spacial score (nSPS) is 25.6. The highest BCUT2D eigenvalue weighted by atomic mass is 16.5. The maximum atomic E-state index is 12.4. The maximum absolute atomic E-state index is 12.4. The lowest BCUT2D eigenvalue weighted by atomic mass is 9.90. The molecule has 0 saturated carbocycles. The van der Waals surface area contributed by atoms with Crippen molar-refractivity contribution < 1.29 is 19.4 Å². The van der Waals surface area contributed by atoms with E-state index in [1.165, 1.54) is 0 Å². The minimum absolute atomic E-state index is 0.110. The Hall–Kier alpha value is -1.63. The number of piperidine rings is 1. The number of ether oxygens (including phenoxy) is 2. The van der Waals surface area contributed by atoms with Crippen molar-refractivity contribution in [2.75, 3.05) is 26.3 Å². The monoisotopic (exact) mass is 376 g/mol. The molecule has 0 aliphatic carbocycles. The zero-order valence-electron chi connectivity index (χ0n) is 16.3. The standard InChI is InChI=1S/C21H32N2O4/c1-2-21(25)9-5-10-23(16-21)20(24)22-13-17-6-3-7-18(12-17)14-26-15-19-8-4-11-27-19/h3,6-7,12,19,25H,2,4-5,8-11,13-16H2,1H3,(H,22,24). The van der Waals surface area contributed by atoms with Gasteiger partial charge in [-0.3, -0.25) is 0 Å². The molecule has 2 N–H and O–H groups in total. The molecule has 1 aromatic rings. The van der Waals surface area contributed by atoms with Gasteiger partial charge in [-0.25, -0.2) is 4.79 Å². The highest BCUT2D eigenvalue weighted by molar-refractivity contribution is 5.74. The number of hydrogen-bond acceptors (Lipinski definition) is 4. The zero-order valence-corrected chi connectivity index (χ0v) is 16.3. The predicted molar refractivity (Wildman–Crippen MR) is 103 cm³/mol. The summed E-state index contributed by atoms with van der Waals surface area (Å²) < 4.78 is 11.3. The second-order valence-electron chi connectivity index (χ2n) is 7.73. The smallest absolute Gasteiger partial charge is 0.317 e. The summed E-state index contributed by atoms with van der Waals surface area (Å²) in [4.78, 5) is 14.2. The quantitative estimate of drug-likeness (QED) is 0.768. The average molecular weight is 376 g/mol. The third-order valence-electron chi connectivity index (χ3n) is 5.53. The summed E-state index contributed by atoms with van der Waals surface area (Å²) in [6.07, 6.45) is 4.71. The number of carbonyl (C=O) groups excluding carboxylic acids is 1. The Balaban J connectivity index is 1.44. The molecule has 3 rings (SSSR count). The van der Waals surface area contributed by atoms with E-state index in [1.807, 2.05) is 25.1 Å². The molecule has 150 valence electrons. The molecule has 0 aromatic heterocycles. The Morgan fingerprint density at radius 1 is 1.41 bits per heavy atom. The first-order chi connectivity index (χ1) is 13.1. The van der Waals surface area contributed by atoms with Gasteiger partial charge < -0.3 is 24.8 Å². The molecule has 27 heavy (non-hydrogen) atoms. The van der Waals surface area contributed by atoms with Gasteiger partial charge in [-0.15, -0.1) is 0 Å². The van der Waals surface area contributed by atoms with Gasteiger partial charge in [-0.2, -0.15) is 0 Å². The van der Waals surface area contributed by atoms with Crippen molar-refractivity contribution in [1.29, 1.82) is 0 Å². The van der Waals surface area contributed by atoms with E-state index in [9.17, 15) is 9.90 Å². The molecular formula is C21H32N2O4. The highest BCUT2D eigenvalue weighted by Crippen LogP contribution is 2.24. The fourth-order valence-electron chi connectivity index (χ4n) is 3.78. The van der Waals surface area contributed by atoms with Gasteiger partial charge in [0.2, 0.25) is 0 Å². The molecule has 2 fully saturated rings. The Labute approximate surface area is 161 Å². The van der Waals surface area contributed by atoms with Crippen molar-refractivity contribution in [3.8, 4) is 0 Å². The van der Waals surface area contributed by atoms with Crippen LogP contribution in [0.4, 0.5) is 4.79 Å². The number of carbonyl (C=O) groups is 1. The van der Waals surface area contributed by atoms with E-state index < -0.39 is 5.60 Å². The lowest BCUT2D eigenvalue weighted by Gasteiger charge is -2.38. The summed E-state index contributed by atoms with van der Waals surface area (Å²) in [7, 11) is 0. The van der Waals surface area contributed by atoms with Crippen LogP contribution in [0.25, 0.3) is 0 Å². The first-order valence-corrected chi connectivity index (χ1v) is 10.1. The Morgan fingerprint density at radius 3 is 3.04 bits per heavy atom. The van der Waals surface area contributed by atoms with Crippen molar-refractivity contribution in [1.82, 2.24) is 10.2 Å². The van der Waals surface area contributed by atoms with E-state index in [4.69, 9.17) is 9.47 Å². The van der Waals surface area contributed by atoms with E-state index >= 15 is 0 Å². The number of likely N-dealkylation sites (tertiary alicyclic amines) is 1. The maximum Gasteiger partial charge on any atom is 0.317 e. The number of nitrogens with one attached hydrogen (secondary N) is 1. The molecule has 1 aromatic carbocycles. The molecular weight excluding hydrogens is 344 g/mol. The lowest BCUT2D eigenvalue weighted by Crippen LogP contribution is -2.52. The molecule has 2 aliphatic heterocycles. The van der Waals surface area contributed by atoms with Crippen LogP contribution in [0.1, 0.15) is 50.2 Å². The second-order valence-corrected chi connectivity index (χ2v) is 7.73. The number of rotatable bonds is 7.